The molecule has 0 aromatic heterocycles. The molecule has 4 aliphatic rings. The molecule has 0 N–H and O–H groups in total. The Morgan fingerprint density at radius 1 is 0.700 bits per heavy atom. The summed E-state index contributed by atoms with van der Waals surface area (Å²) in [5, 5.41) is 0. The summed E-state index contributed by atoms with van der Waals surface area (Å²) >= 11 is 0. The third-order valence-electron chi connectivity index (χ3n) is 4.29. The van der Waals surface area contributed by atoms with Gasteiger partial charge in [-0.05, 0) is 26.0 Å². The van der Waals surface area contributed by atoms with E-state index in [9.17, 15) is 0 Å². The zero-order valence-electron chi connectivity index (χ0n) is 11.8. The zero-order valence-corrected chi connectivity index (χ0v) is 11.8. The topological polar surface area (TPSA) is 6.48 Å². The second-order valence-electron chi connectivity index (χ2n) is 5.73. The molecule has 96 valence electrons. The third-order valence-corrected chi connectivity index (χ3v) is 4.29. The number of hydrazine groups is 1. The van der Waals surface area contributed by atoms with Crippen molar-refractivity contribution in [1.29, 1.82) is 0 Å². The summed E-state index contributed by atoms with van der Waals surface area (Å²) in [6.45, 7) is 4.95. The Morgan fingerprint density at radius 3 is 1.60 bits per heavy atom. The van der Waals surface area contributed by atoms with Crippen LogP contribution in [0.1, 0.15) is 13.8 Å². The van der Waals surface area contributed by atoms with Gasteiger partial charge in [0, 0.05) is 12.4 Å². The molecular formula is C16H16B2N2. The normalized spacial score (nSPS) is 22.7. The second kappa shape index (κ2) is 4.20. The van der Waals surface area contributed by atoms with Crippen LogP contribution < -0.4 is 0 Å². The van der Waals surface area contributed by atoms with Gasteiger partial charge in [-0.15, -0.1) is 0 Å². The lowest BCUT2D eigenvalue weighted by Crippen LogP contribution is -2.58. The maximum Gasteiger partial charge on any atom is 0.336 e. The number of fused-ring (bicyclic) bond motifs is 5. The third kappa shape index (κ3) is 1.61. The fraction of sp³-hybridized carbons (Fsp3) is 0.125. The first-order valence-electron chi connectivity index (χ1n) is 7.13. The number of hydrogen-bond donors (Lipinski definition) is 0. The van der Waals surface area contributed by atoms with Gasteiger partial charge in [-0.25, -0.2) is 0 Å². The molecule has 0 radical (unpaired) electrons. The quantitative estimate of drug-likeness (QED) is 0.616. The lowest BCUT2D eigenvalue weighted by atomic mass is 9.39. The van der Waals surface area contributed by atoms with Crippen molar-refractivity contribution in [2.24, 2.45) is 0 Å². The number of hydrogen-bond acceptors (Lipinski definition) is 2. The Morgan fingerprint density at radius 2 is 1.15 bits per heavy atom. The van der Waals surface area contributed by atoms with Crippen LogP contribution in [0.4, 0.5) is 0 Å². The highest BCUT2D eigenvalue weighted by molar-refractivity contribution is 6.81. The van der Waals surface area contributed by atoms with E-state index in [4.69, 9.17) is 0 Å². The fourth-order valence-electron chi connectivity index (χ4n) is 3.30. The molecule has 0 atom stereocenters. The molecule has 0 saturated carbocycles. The summed E-state index contributed by atoms with van der Waals surface area (Å²) in [5.74, 6) is 4.68. The van der Waals surface area contributed by atoms with Gasteiger partial charge in [0.25, 0.3) is 0 Å². The van der Waals surface area contributed by atoms with Crippen molar-refractivity contribution in [3.63, 3.8) is 0 Å². The molecule has 0 amide bonds. The SMILES string of the molecule is CC1=CB2C(=C3C=CC(C)=CB3N3C=CC=CN23)C=C1. The molecule has 0 saturated heterocycles. The van der Waals surface area contributed by atoms with E-state index in [0.717, 1.165) is 0 Å². The standard InChI is InChI=1S/C16H16B2N2/c1-13-5-7-15-16-8-6-14(2)12-18(16)20-10-4-3-9-19(20)17(15)11-13/h3-12H,1-2H3. The lowest BCUT2D eigenvalue weighted by Gasteiger charge is -2.48. The largest absolute Gasteiger partial charge is 0.337 e. The molecule has 4 rings (SSSR count). The summed E-state index contributed by atoms with van der Waals surface area (Å²) in [7, 11) is 0. The van der Waals surface area contributed by atoms with Gasteiger partial charge in [0.2, 0.25) is 0 Å². The van der Waals surface area contributed by atoms with Crippen LogP contribution in [0.25, 0.3) is 0 Å². The van der Waals surface area contributed by atoms with Gasteiger partial charge in [-0.3, -0.25) is 0 Å². The minimum atomic E-state index is 0.309. The highest BCUT2D eigenvalue weighted by Crippen LogP contribution is 2.34. The van der Waals surface area contributed by atoms with Crippen LogP contribution in [-0.2, 0) is 0 Å². The van der Waals surface area contributed by atoms with Gasteiger partial charge in [0.05, 0.1) is 0 Å². The average molecular weight is 258 g/mol. The van der Waals surface area contributed by atoms with E-state index in [-0.39, 0.29) is 0 Å². The van der Waals surface area contributed by atoms with Crippen LogP contribution in [0.3, 0.4) is 0 Å². The molecular weight excluding hydrogens is 242 g/mol. The zero-order chi connectivity index (χ0) is 13.7. The average Bonchev–Trinajstić information content (AvgIpc) is 2.47. The van der Waals surface area contributed by atoms with Crippen LogP contribution in [0.2, 0.25) is 0 Å². The Bertz CT molecular complexity index is 619. The molecule has 2 nitrogen and oxygen atoms in total. The number of allylic oxidation sites excluding steroid dienone is 10. The molecule has 0 spiro atoms. The van der Waals surface area contributed by atoms with E-state index in [1.807, 2.05) is 0 Å². The van der Waals surface area contributed by atoms with E-state index in [1.165, 1.54) is 22.1 Å². The highest BCUT2D eigenvalue weighted by Gasteiger charge is 2.41. The van der Waals surface area contributed by atoms with Crippen LogP contribution in [0.15, 0.2) is 82.9 Å². The second-order valence-corrected chi connectivity index (χ2v) is 5.73. The van der Waals surface area contributed by atoms with Gasteiger partial charge < -0.3 is 9.84 Å². The Kier molecular flexibility index (Phi) is 2.46. The van der Waals surface area contributed by atoms with Crippen LogP contribution in [0.5, 0.6) is 0 Å². The first-order valence-corrected chi connectivity index (χ1v) is 7.13. The predicted octanol–water partition coefficient (Wildman–Crippen LogP) is 3.03. The Labute approximate surface area is 121 Å². The van der Waals surface area contributed by atoms with E-state index >= 15 is 0 Å². The van der Waals surface area contributed by atoms with Crippen molar-refractivity contribution < 1.29 is 0 Å². The van der Waals surface area contributed by atoms with E-state index in [2.05, 4.69) is 84.5 Å². The first kappa shape index (κ1) is 11.7. The predicted molar refractivity (Wildman–Crippen MR) is 86.3 cm³/mol. The summed E-state index contributed by atoms with van der Waals surface area (Å²) in [6.07, 6.45) is 17.6. The maximum absolute atomic E-state index is 2.34. The van der Waals surface area contributed by atoms with Crippen molar-refractivity contribution in [2.45, 2.75) is 13.8 Å². The first-order chi connectivity index (χ1) is 9.74. The summed E-state index contributed by atoms with van der Waals surface area (Å²) in [5.41, 5.74) is 5.48. The minimum Gasteiger partial charge on any atom is -0.337 e. The monoisotopic (exact) mass is 258 g/mol. The smallest absolute Gasteiger partial charge is 0.336 e. The maximum atomic E-state index is 2.34. The molecule has 4 aliphatic heterocycles. The molecule has 4 heteroatoms. The van der Waals surface area contributed by atoms with E-state index in [0.29, 0.717) is 13.7 Å². The van der Waals surface area contributed by atoms with E-state index in [1.54, 1.807) is 0 Å². The molecule has 0 aromatic rings. The fourth-order valence-corrected chi connectivity index (χ4v) is 3.30. The number of rotatable bonds is 0. The summed E-state index contributed by atoms with van der Waals surface area (Å²) in [6, 6.07) is 0. The number of nitrogens with zero attached hydrogens (tertiary/aromatic N) is 2. The minimum absolute atomic E-state index is 0.309. The van der Waals surface area contributed by atoms with Gasteiger partial charge in [-0.2, -0.15) is 0 Å². The molecule has 4 heterocycles. The lowest BCUT2D eigenvalue weighted by molar-refractivity contribution is 0.292. The van der Waals surface area contributed by atoms with Crippen LogP contribution in [-0.4, -0.2) is 23.5 Å². The molecule has 0 aromatic carbocycles. The Hall–Kier alpha value is -2.09. The van der Waals surface area contributed by atoms with Gasteiger partial charge >= 0.3 is 13.7 Å². The molecule has 0 unspecified atom stereocenters. The van der Waals surface area contributed by atoms with Crippen molar-refractivity contribution in [3.8, 4) is 0 Å². The summed E-state index contributed by atoms with van der Waals surface area (Å²) in [4.78, 5) is 4.67. The molecule has 0 bridgehead atoms. The van der Waals surface area contributed by atoms with Crippen LogP contribution >= 0.6 is 0 Å². The van der Waals surface area contributed by atoms with Crippen molar-refractivity contribution in [3.05, 3.63) is 82.9 Å². The van der Waals surface area contributed by atoms with Gasteiger partial charge in [-0.1, -0.05) is 58.3 Å². The van der Waals surface area contributed by atoms with Gasteiger partial charge in [0.15, 0.2) is 0 Å². The summed E-state index contributed by atoms with van der Waals surface area (Å²) < 4.78 is 0. The van der Waals surface area contributed by atoms with Crippen LogP contribution in [0, 0.1) is 0 Å². The Balaban J connectivity index is 1.91. The van der Waals surface area contributed by atoms with Crippen molar-refractivity contribution in [2.75, 3.05) is 0 Å². The van der Waals surface area contributed by atoms with Crippen molar-refractivity contribution in [1.82, 2.24) is 9.84 Å². The molecule has 0 fully saturated rings. The molecule has 0 aliphatic carbocycles. The van der Waals surface area contributed by atoms with Crippen molar-refractivity contribution >= 4 is 13.7 Å². The van der Waals surface area contributed by atoms with E-state index < -0.39 is 0 Å². The highest BCUT2D eigenvalue weighted by atomic mass is 15.6. The van der Waals surface area contributed by atoms with Gasteiger partial charge in [0.1, 0.15) is 0 Å². The molecule has 20 heavy (non-hydrogen) atoms.